The van der Waals surface area contributed by atoms with Crippen molar-refractivity contribution in [3.63, 3.8) is 0 Å². The van der Waals surface area contributed by atoms with Gasteiger partial charge in [0.1, 0.15) is 12.0 Å². The summed E-state index contributed by atoms with van der Waals surface area (Å²) in [5.74, 6) is 1.35. The van der Waals surface area contributed by atoms with Crippen LogP contribution in [0.15, 0.2) is 27.3 Å². The van der Waals surface area contributed by atoms with Gasteiger partial charge in [0.25, 0.3) is 0 Å². The lowest BCUT2D eigenvalue weighted by Gasteiger charge is -2.07. The number of halogens is 1. The molecule has 114 valence electrons. The molecule has 1 aromatic carbocycles. The Bertz CT molecular complexity index is 585. The molecule has 0 atom stereocenters. The van der Waals surface area contributed by atoms with Crippen molar-refractivity contribution >= 4 is 15.9 Å². The van der Waals surface area contributed by atoms with Gasteiger partial charge in [-0.25, -0.2) is 0 Å². The Balaban J connectivity index is 1.99. The van der Waals surface area contributed by atoms with Gasteiger partial charge >= 0.3 is 6.08 Å². The van der Waals surface area contributed by atoms with Gasteiger partial charge < -0.3 is 14.5 Å². The molecule has 21 heavy (non-hydrogen) atoms. The predicted molar refractivity (Wildman–Crippen MR) is 86.7 cm³/mol. The first-order chi connectivity index (χ1) is 9.95. The highest BCUT2D eigenvalue weighted by Crippen LogP contribution is 2.29. The number of ether oxygens (including phenoxy) is 1. The minimum absolute atomic E-state index is 0.275. The highest BCUT2D eigenvalue weighted by molar-refractivity contribution is 9.10. The van der Waals surface area contributed by atoms with Crippen LogP contribution >= 0.6 is 15.9 Å². The number of hydrogen-bond donors (Lipinski definition) is 1. The van der Waals surface area contributed by atoms with Gasteiger partial charge in [-0.3, -0.25) is 0 Å². The van der Waals surface area contributed by atoms with Gasteiger partial charge in [-0.2, -0.15) is 4.98 Å². The molecule has 1 aromatic heterocycles. The van der Waals surface area contributed by atoms with Crippen molar-refractivity contribution in [2.75, 3.05) is 6.54 Å². The lowest BCUT2D eigenvalue weighted by molar-refractivity contribution is 0.330. The summed E-state index contributed by atoms with van der Waals surface area (Å²) in [7, 11) is 0. The SMILES string of the molecule is Cc1cc(Oc2nc(CNCC(C)C)co2)cc(C)c1Br. The molecule has 0 spiro atoms. The molecule has 0 aliphatic heterocycles. The van der Waals surface area contributed by atoms with Crippen LogP contribution in [-0.2, 0) is 6.54 Å². The summed E-state index contributed by atoms with van der Waals surface area (Å²) < 4.78 is 12.1. The van der Waals surface area contributed by atoms with Crippen LogP contribution in [0.4, 0.5) is 0 Å². The molecule has 5 heteroatoms. The minimum atomic E-state index is 0.275. The third-order valence-electron chi connectivity index (χ3n) is 3.00. The summed E-state index contributed by atoms with van der Waals surface area (Å²) in [5.41, 5.74) is 3.09. The number of benzene rings is 1. The lowest BCUT2D eigenvalue weighted by Crippen LogP contribution is -2.19. The topological polar surface area (TPSA) is 47.3 Å². The van der Waals surface area contributed by atoms with Gasteiger partial charge in [0.2, 0.25) is 0 Å². The molecule has 0 saturated heterocycles. The molecule has 1 N–H and O–H groups in total. The first kappa shape index (κ1) is 16.0. The Labute approximate surface area is 134 Å². The zero-order chi connectivity index (χ0) is 15.4. The molecule has 0 saturated carbocycles. The van der Waals surface area contributed by atoms with E-state index in [2.05, 4.69) is 40.1 Å². The number of oxazole rings is 1. The summed E-state index contributed by atoms with van der Waals surface area (Å²) in [4.78, 5) is 4.32. The van der Waals surface area contributed by atoms with E-state index in [-0.39, 0.29) is 6.08 Å². The fraction of sp³-hybridized carbons (Fsp3) is 0.438. The van der Waals surface area contributed by atoms with E-state index in [1.54, 1.807) is 6.26 Å². The molecular formula is C16H21BrN2O2. The van der Waals surface area contributed by atoms with Gasteiger partial charge in [-0.15, -0.1) is 0 Å². The summed E-state index contributed by atoms with van der Waals surface area (Å²) in [6.07, 6.45) is 1.90. The number of nitrogens with one attached hydrogen (secondary N) is 1. The molecule has 0 aliphatic carbocycles. The average Bonchev–Trinajstić information content (AvgIpc) is 2.83. The van der Waals surface area contributed by atoms with Crippen LogP contribution in [0.2, 0.25) is 0 Å². The van der Waals surface area contributed by atoms with Crippen LogP contribution in [0.5, 0.6) is 11.8 Å². The highest BCUT2D eigenvalue weighted by atomic mass is 79.9. The summed E-state index contributed by atoms with van der Waals surface area (Å²) >= 11 is 3.54. The Morgan fingerprint density at radius 3 is 2.57 bits per heavy atom. The molecule has 2 aromatic rings. The van der Waals surface area contributed by atoms with E-state index < -0.39 is 0 Å². The fourth-order valence-electron chi connectivity index (χ4n) is 1.97. The monoisotopic (exact) mass is 352 g/mol. The minimum Gasteiger partial charge on any atom is -0.417 e. The third kappa shape index (κ3) is 4.58. The second-order valence-electron chi connectivity index (χ2n) is 5.60. The van der Waals surface area contributed by atoms with E-state index in [4.69, 9.17) is 9.15 Å². The van der Waals surface area contributed by atoms with Gasteiger partial charge in [0.05, 0.1) is 5.69 Å². The average molecular weight is 353 g/mol. The van der Waals surface area contributed by atoms with Gasteiger partial charge in [0.15, 0.2) is 0 Å². The molecule has 1 heterocycles. The van der Waals surface area contributed by atoms with E-state index in [1.807, 2.05) is 26.0 Å². The molecule has 0 radical (unpaired) electrons. The Kier molecular flexibility index (Phi) is 5.42. The van der Waals surface area contributed by atoms with E-state index in [0.29, 0.717) is 12.5 Å². The van der Waals surface area contributed by atoms with Crippen LogP contribution in [0.1, 0.15) is 30.7 Å². The maximum atomic E-state index is 5.68. The van der Waals surface area contributed by atoms with Gasteiger partial charge in [-0.05, 0) is 49.6 Å². The molecule has 0 aliphatic rings. The van der Waals surface area contributed by atoms with Crippen molar-refractivity contribution in [1.82, 2.24) is 10.3 Å². The molecular weight excluding hydrogens is 332 g/mol. The second-order valence-corrected chi connectivity index (χ2v) is 6.40. The Hall–Kier alpha value is -1.33. The third-order valence-corrected chi connectivity index (χ3v) is 4.26. The zero-order valence-corrected chi connectivity index (χ0v) is 14.5. The normalized spacial score (nSPS) is 11.1. The molecule has 0 bridgehead atoms. The quantitative estimate of drug-likeness (QED) is 0.825. The van der Waals surface area contributed by atoms with Crippen LogP contribution < -0.4 is 10.1 Å². The van der Waals surface area contributed by atoms with Crippen molar-refractivity contribution in [3.8, 4) is 11.8 Å². The molecule has 2 rings (SSSR count). The van der Waals surface area contributed by atoms with E-state index in [1.165, 1.54) is 0 Å². The highest BCUT2D eigenvalue weighted by Gasteiger charge is 2.09. The fourth-order valence-corrected chi connectivity index (χ4v) is 2.20. The number of hydrogen-bond acceptors (Lipinski definition) is 4. The molecule has 4 nitrogen and oxygen atoms in total. The Morgan fingerprint density at radius 1 is 1.29 bits per heavy atom. The largest absolute Gasteiger partial charge is 0.417 e. The smallest absolute Gasteiger partial charge is 0.399 e. The van der Waals surface area contributed by atoms with E-state index in [9.17, 15) is 0 Å². The number of nitrogens with zero attached hydrogens (tertiary/aromatic N) is 1. The maximum Gasteiger partial charge on any atom is 0.399 e. The lowest BCUT2D eigenvalue weighted by atomic mass is 10.1. The van der Waals surface area contributed by atoms with Crippen molar-refractivity contribution in [3.05, 3.63) is 39.7 Å². The Morgan fingerprint density at radius 2 is 1.95 bits per heavy atom. The maximum absolute atomic E-state index is 5.68. The van der Waals surface area contributed by atoms with Crippen molar-refractivity contribution in [2.24, 2.45) is 5.92 Å². The number of rotatable bonds is 6. The predicted octanol–water partition coefficient (Wildman–Crippen LogP) is 4.59. The summed E-state index contributed by atoms with van der Waals surface area (Å²) in [6, 6.07) is 3.91. The molecule has 0 amide bonds. The standard InChI is InChI=1S/C16H21BrN2O2/c1-10(2)7-18-8-13-9-20-16(19-13)21-14-5-11(3)15(17)12(4)6-14/h5-6,9-10,18H,7-8H2,1-4H3. The first-order valence-corrected chi connectivity index (χ1v) is 7.84. The second kappa shape index (κ2) is 7.09. The first-order valence-electron chi connectivity index (χ1n) is 7.05. The molecule has 0 fully saturated rings. The molecule has 0 unspecified atom stereocenters. The van der Waals surface area contributed by atoms with Crippen LogP contribution in [0.25, 0.3) is 0 Å². The zero-order valence-electron chi connectivity index (χ0n) is 12.9. The van der Waals surface area contributed by atoms with Gasteiger partial charge in [0, 0.05) is 11.0 Å². The van der Waals surface area contributed by atoms with Gasteiger partial charge in [-0.1, -0.05) is 29.8 Å². The number of aromatic nitrogens is 1. The van der Waals surface area contributed by atoms with Crippen LogP contribution in [-0.4, -0.2) is 11.5 Å². The van der Waals surface area contributed by atoms with Crippen LogP contribution in [0.3, 0.4) is 0 Å². The number of aryl methyl sites for hydroxylation is 2. The summed E-state index contributed by atoms with van der Waals surface area (Å²) in [5, 5.41) is 3.32. The van der Waals surface area contributed by atoms with Crippen molar-refractivity contribution in [1.29, 1.82) is 0 Å². The summed E-state index contributed by atoms with van der Waals surface area (Å²) in [6.45, 7) is 10.0. The van der Waals surface area contributed by atoms with Crippen LogP contribution in [0, 0.1) is 19.8 Å². The van der Waals surface area contributed by atoms with Crippen molar-refractivity contribution in [2.45, 2.75) is 34.2 Å². The van der Waals surface area contributed by atoms with E-state index in [0.717, 1.165) is 33.6 Å². The van der Waals surface area contributed by atoms with Crippen molar-refractivity contribution < 1.29 is 9.15 Å². The van der Waals surface area contributed by atoms with E-state index >= 15 is 0 Å².